The molecule has 17 nitrogen and oxygen atoms in total. The van der Waals surface area contributed by atoms with Crippen molar-refractivity contribution >= 4 is 45.8 Å². The number of nitrogens with zero attached hydrogens (tertiary/aromatic N) is 14. The number of pyridine rings is 3. The Morgan fingerprint density at radius 1 is 0.456 bits per heavy atom. The maximum absolute atomic E-state index is 14.5. The van der Waals surface area contributed by atoms with Gasteiger partial charge in [0.15, 0.2) is 16.9 Å². The molecule has 1 aliphatic rings. The zero-order chi connectivity index (χ0) is 54.8. The van der Waals surface area contributed by atoms with Crippen LogP contribution >= 0.6 is 0 Å². The molecule has 396 valence electrons. The van der Waals surface area contributed by atoms with Crippen LogP contribution in [-0.4, -0.2) is 92.6 Å². The standard InChI is InChI=1S/C22H16F2N6.C19H21BFN3O2.C15H10F2N6/c23-18-11-5-4-9-16(18)14-29-21-17(10-6-12-25-21)19(27-29)20-26-22(24)30(28-20)13-15-7-2-1-3-8-15;1-18(2)19(3,4)26-20(25-18)16-14-9-7-11-22-17(14)24(23-16)12-13-8-5-6-10-15(13)21;16-11-6-2-1-4-9(11)8-23-14-10(5-3-7-18-14)12(22-23)13-19-15(17)21-20-13/h1-12H,13-14H2;5-11H,12H2,1-4H3;1-7H,8H2,(H,19,20,21). The van der Waals surface area contributed by atoms with Crippen LogP contribution in [0.5, 0.6) is 0 Å². The quantitative estimate of drug-likeness (QED) is 0.0958. The molecule has 1 aliphatic heterocycles. The highest BCUT2D eigenvalue weighted by molar-refractivity contribution is 6.64. The topological polar surface area (TPSA) is 183 Å². The van der Waals surface area contributed by atoms with Crippen LogP contribution in [0.1, 0.15) is 49.9 Å². The van der Waals surface area contributed by atoms with Gasteiger partial charge in [0, 0.05) is 40.7 Å². The Balaban J connectivity index is 0.000000126. The molecular weight excluding hydrogens is 1020 g/mol. The monoisotopic (exact) mass is 1070 g/mol. The molecule has 0 saturated carbocycles. The van der Waals surface area contributed by atoms with Crippen molar-refractivity contribution in [1.82, 2.24) is 74.2 Å². The summed E-state index contributed by atoms with van der Waals surface area (Å²) in [6, 6.07) is 40.0. The lowest BCUT2D eigenvalue weighted by Gasteiger charge is -2.32. The van der Waals surface area contributed by atoms with Crippen LogP contribution in [0.2, 0.25) is 0 Å². The lowest BCUT2D eigenvalue weighted by atomic mass is 9.83. The largest absolute Gasteiger partial charge is 0.517 e. The molecule has 0 unspecified atom stereocenters. The fraction of sp³-hybridized carbons (Fsp3) is 0.179. The summed E-state index contributed by atoms with van der Waals surface area (Å²) in [6.45, 7) is 8.95. The van der Waals surface area contributed by atoms with E-state index in [1.807, 2.05) is 82.3 Å². The number of aromatic nitrogens is 15. The SMILES string of the molecule is CC1(C)OB(c2nn(Cc3ccccc3F)c3ncccc23)OC1(C)C.Fc1ccccc1Cn1nc(-c2nc(F)n(Cc3ccccc3)n2)c2cccnc21.Fc1nc(-c2nn(Cc3ccccc3F)c3ncccc23)n[nH]1. The molecule has 1 N–H and O–H groups in total. The summed E-state index contributed by atoms with van der Waals surface area (Å²) in [5.74, 6) is -0.613. The highest BCUT2D eigenvalue weighted by atomic mass is 19.1. The van der Waals surface area contributed by atoms with E-state index in [0.717, 1.165) is 10.9 Å². The minimum Gasteiger partial charge on any atom is -0.398 e. The van der Waals surface area contributed by atoms with Gasteiger partial charge in [-0.2, -0.15) is 34.0 Å². The third-order valence-electron chi connectivity index (χ3n) is 13.5. The van der Waals surface area contributed by atoms with Gasteiger partial charge in [-0.3, -0.25) is 0 Å². The minimum atomic E-state index is -0.791. The highest BCUT2D eigenvalue weighted by Crippen LogP contribution is 2.37. The fourth-order valence-corrected chi connectivity index (χ4v) is 8.83. The summed E-state index contributed by atoms with van der Waals surface area (Å²) in [7, 11) is -0.589. The molecule has 0 bridgehead atoms. The number of nitrogens with one attached hydrogen (secondary N) is 1. The van der Waals surface area contributed by atoms with Crippen molar-refractivity contribution in [3.8, 4) is 23.0 Å². The lowest BCUT2D eigenvalue weighted by Crippen LogP contribution is -2.41. The number of aromatic amines is 1. The van der Waals surface area contributed by atoms with Crippen LogP contribution in [-0.2, 0) is 35.5 Å². The Kier molecular flexibility index (Phi) is 14.1. The Morgan fingerprint density at radius 3 is 1.38 bits per heavy atom. The lowest BCUT2D eigenvalue weighted by molar-refractivity contribution is 0.00578. The molecule has 0 spiro atoms. The molecule has 9 heterocycles. The first kappa shape index (κ1) is 51.7. The van der Waals surface area contributed by atoms with E-state index in [1.54, 1.807) is 99.4 Å². The molecule has 4 aromatic carbocycles. The molecule has 23 heteroatoms. The molecule has 0 aliphatic carbocycles. The van der Waals surface area contributed by atoms with Crippen LogP contribution in [0, 0.1) is 29.6 Å². The predicted octanol–water partition coefficient (Wildman–Crippen LogP) is 9.53. The fourth-order valence-electron chi connectivity index (χ4n) is 8.83. The van der Waals surface area contributed by atoms with Gasteiger partial charge in [0.2, 0.25) is 11.6 Å². The van der Waals surface area contributed by atoms with Crippen molar-refractivity contribution in [3.05, 3.63) is 210 Å². The van der Waals surface area contributed by atoms with Crippen LogP contribution < -0.4 is 5.59 Å². The first-order valence-electron chi connectivity index (χ1n) is 24.9. The normalized spacial score (nSPS) is 13.7. The maximum atomic E-state index is 14.5. The van der Waals surface area contributed by atoms with Gasteiger partial charge < -0.3 is 9.31 Å². The first-order valence-corrected chi connectivity index (χ1v) is 24.9. The summed E-state index contributed by atoms with van der Waals surface area (Å²) in [4.78, 5) is 20.7. The van der Waals surface area contributed by atoms with E-state index in [0.29, 0.717) is 67.9 Å². The highest BCUT2D eigenvalue weighted by Gasteiger charge is 2.53. The third kappa shape index (κ3) is 10.7. The molecule has 1 saturated heterocycles. The van der Waals surface area contributed by atoms with Crippen molar-refractivity contribution in [1.29, 1.82) is 0 Å². The van der Waals surface area contributed by atoms with Gasteiger partial charge in [-0.05, 0) is 87.9 Å². The predicted molar refractivity (Wildman–Crippen MR) is 285 cm³/mol. The number of H-pyrrole nitrogens is 1. The average molecular weight is 1070 g/mol. The van der Waals surface area contributed by atoms with Crippen LogP contribution in [0.4, 0.5) is 22.0 Å². The number of hydrogen-bond donors (Lipinski definition) is 1. The second kappa shape index (κ2) is 21.6. The molecular formula is C56H47BF5N15O2. The Hall–Kier alpha value is -9.35. The van der Waals surface area contributed by atoms with E-state index in [-0.39, 0.29) is 48.7 Å². The van der Waals surface area contributed by atoms with E-state index in [9.17, 15) is 22.0 Å². The number of hydrogen-bond acceptors (Lipinski definition) is 12. The second-order valence-electron chi connectivity index (χ2n) is 19.3. The Morgan fingerprint density at radius 2 is 0.899 bits per heavy atom. The molecule has 13 rings (SSSR count). The number of halogens is 5. The van der Waals surface area contributed by atoms with Gasteiger partial charge in [0.1, 0.15) is 34.4 Å². The van der Waals surface area contributed by atoms with Gasteiger partial charge in [0.05, 0.1) is 48.2 Å². The molecule has 8 aromatic heterocycles. The van der Waals surface area contributed by atoms with Gasteiger partial charge in [0.25, 0.3) is 0 Å². The van der Waals surface area contributed by atoms with Gasteiger partial charge in [-0.1, -0.05) is 84.9 Å². The van der Waals surface area contributed by atoms with Gasteiger partial charge in [-0.25, -0.2) is 51.9 Å². The van der Waals surface area contributed by atoms with E-state index in [2.05, 4.69) is 55.5 Å². The first-order chi connectivity index (χ1) is 38.2. The zero-order valence-corrected chi connectivity index (χ0v) is 42.9. The molecule has 0 amide bonds. The Bertz CT molecular complexity index is 4110. The number of fused-ring (bicyclic) bond motifs is 3. The number of rotatable bonds is 11. The smallest absolute Gasteiger partial charge is 0.398 e. The van der Waals surface area contributed by atoms with E-state index >= 15 is 0 Å². The van der Waals surface area contributed by atoms with Gasteiger partial charge in [-0.15, -0.1) is 10.2 Å². The van der Waals surface area contributed by atoms with Crippen molar-refractivity contribution in [2.45, 2.75) is 65.1 Å². The summed E-state index contributed by atoms with van der Waals surface area (Å²) in [5.41, 5.74) is 4.76. The van der Waals surface area contributed by atoms with Crippen LogP contribution in [0.25, 0.3) is 56.1 Å². The average Bonchev–Trinajstić information content (AvgIpc) is 4.34. The van der Waals surface area contributed by atoms with Crippen molar-refractivity contribution < 1.29 is 31.3 Å². The number of benzene rings is 4. The van der Waals surface area contributed by atoms with E-state index in [1.165, 1.54) is 22.9 Å². The molecule has 0 radical (unpaired) electrons. The summed E-state index contributed by atoms with van der Waals surface area (Å²) in [5, 5.41) is 26.0. The van der Waals surface area contributed by atoms with Crippen LogP contribution in [0.3, 0.4) is 0 Å². The molecule has 79 heavy (non-hydrogen) atoms. The minimum absolute atomic E-state index is 0.132. The van der Waals surface area contributed by atoms with Crippen LogP contribution in [0.15, 0.2) is 158 Å². The zero-order valence-electron chi connectivity index (χ0n) is 42.9. The molecule has 0 atom stereocenters. The Labute approximate surface area is 447 Å². The summed E-state index contributed by atoms with van der Waals surface area (Å²) < 4.78 is 88.0. The van der Waals surface area contributed by atoms with Crippen molar-refractivity contribution in [2.75, 3.05) is 0 Å². The van der Waals surface area contributed by atoms with E-state index < -0.39 is 30.5 Å². The maximum Gasteiger partial charge on any atom is 0.517 e. The van der Waals surface area contributed by atoms with E-state index in [4.69, 9.17) is 9.31 Å². The molecule has 1 fully saturated rings. The molecule has 12 aromatic rings. The summed E-state index contributed by atoms with van der Waals surface area (Å²) in [6.07, 6.45) is 3.46. The van der Waals surface area contributed by atoms with Crippen molar-refractivity contribution in [2.24, 2.45) is 0 Å². The third-order valence-corrected chi connectivity index (χ3v) is 13.5. The van der Waals surface area contributed by atoms with Crippen molar-refractivity contribution in [3.63, 3.8) is 0 Å². The second-order valence-corrected chi connectivity index (χ2v) is 19.3. The summed E-state index contributed by atoms with van der Waals surface area (Å²) >= 11 is 0. The van der Waals surface area contributed by atoms with Gasteiger partial charge >= 0.3 is 19.3 Å².